The van der Waals surface area contributed by atoms with Gasteiger partial charge in [0.2, 0.25) is 5.78 Å². The smallest absolute Gasteiger partial charge is 0.260 e. The second kappa shape index (κ2) is 6.75. The number of aromatic hydroxyl groups is 1. The number of rotatable bonds is 4. The van der Waals surface area contributed by atoms with Crippen molar-refractivity contribution >= 4 is 11.9 Å². The van der Waals surface area contributed by atoms with E-state index >= 15 is 0 Å². The molecule has 1 aliphatic rings. The van der Waals surface area contributed by atoms with Crippen LogP contribution in [0.2, 0.25) is 0 Å². The van der Waals surface area contributed by atoms with E-state index in [0.717, 1.165) is 6.08 Å². The van der Waals surface area contributed by atoms with E-state index in [1.54, 1.807) is 12.1 Å². The Bertz CT molecular complexity index is 599. The molecule has 126 valence electrons. The zero-order chi connectivity index (χ0) is 17.2. The van der Waals surface area contributed by atoms with Gasteiger partial charge in [0, 0.05) is 5.56 Å². The zero-order valence-electron chi connectivity index (χ0n) is 12.0. The summed E-state index contributed by atoms with van der Waals surface area (Å²) in [6, 6.07) is 6.11. The molecule has 1 fully saturated rings. The molecule has 8 heteroatoms. The average Bonchev–Trinajstić information content (AvgIpc) is 2.55. The monoisotopic (exact) mass is 326 g/mol. The van der Waals surface area contributed by atoms with Gasteiger partial charge < -0.3 is 35.4 Å². The normalized spacial score (nSPS) is 34.7. The van der Waals surface area contributed by atoms with Gasteiger partial charge in [-0.3, -0.25) is 4.79 Å². The van der Waals surface area contributed by atoms with Crippen molar-refractivity contribution in [2.75, 3.05) is 6.61 Å². The molecule has 2 rings (SSSR count). The number of hydrogen-bond acceptors (Lipinski definition) is 8. The van der Waals surface area contributed by atoms with Gasteiger partial charge in [0.25, 0.3) is 5.79 Å². The average molecular weight is 326 g/mol. The second-order valence-electron chi connectivity index (χ2n) is 5.22. The molecule has 0 aromatic heterocycles. The van der Waals surface area contributed by atoms with E-state index in [4.69, 9.17) is 9.84 Å². The number of ketones is 1. The third-order valence-corrected chi connectivity index (χ3v) is 3.67. The minimum atomic E-state index is -2.83. The van der Waals surface area contributed by atoms with Gasteiger partial charge in [-0.05, 0) is 18.2 Å². The Morgan fingerprint density at radius 3 is 2.48 bits per heavy atom. The number of carbonyl (C=O) groups is 1. The maximum Gasteiger partial charge on any atom is 0.260 e. The number of carbonyl (C=O) groups excluding carboxylic acids is 1. The molecule has 6 N–H and O–H groups in total. The number of hydrogen-bond donors (Lipinski definition) is 6. The third kappa shape index (κ3) is 3.27. The minimum absolute atomic E-state index is 0.0997. The third-order valence-electron chi connectivity index (χ3n) is 3.67. The molecule has 0 radical (unpaired) electrons. The summed E-state index contributed by atoms with van der Waals surface area (Å²) in [4.78, 5) is 12.2. The first-order chi connectivity index (χ1) is 10.8. The highest BCUT2D eigenvalue weighted by Crippen LogP contribution is 2.29. The van der Waals surface area contributed by atoms with Crippen molar-refractivity contribution in [2.24, 2.45) is 0 Å². The fraction of sp³-hybridized carbons (Fsp3) is 0.400. The van der Waals surface area contributed by atoms with Crippen molar-refractivity contribution in [3.05, 3.63) is 35.9 Å². The van der Waals surface area contributed by atoms with Crippen molar-refractivity contribution in [1.82, 2.24) is 0 Å². The Kier molecular flexibility index (Phi) is 5.15. The Morgan fingerprint density at radius 1 is 1.22 bits per heavy atom. The fourth-order valence-electron chi connectivity index (χ4n) is 2.27. The molecule has 0 bridgehead atoms. The van der Waals surface area contributed by atoms with Gasteiger partial charge >= 0.3 is 0 Å². The first-order valence-corrected chi connectivity index (χ1v) is 6.87. The van der Waals surface area contributed by atoms with Crippen LogP contribution in [0.5, 0.6) is 5.75 Å². The standard InChI is InChI=1S/C15H18O8/c16-7-10-12(19)13(20)14(21)15(22,23-10)11(18)6-5-8-3-1-2-4-9(8)17/h1-6,10,12-14,16-17,19-22H,7H2/b6-5+/t10-,12-,13+,14-,15-/m1/s1. The Morgan fingerprint density at radius 2 is 1.87 bits per heavy atom. The molecular formula is C15H18O8. The molecule has 8 nitrogen and oxygen atoms in total. The molecule has 0 amide bonds. The van der Waals surface area contributed by atoms with Crippen LogP contribution < -0.4 is 0 Å². The summed E-state index contributed by atoms with van der Waals surface area (Å²) in [5, 5.41) is 58.0. The molecule has 1 aliphatic heterocycles. The van der Waals surface area contributed by atoms with Crippen LogP contribution in [0, 0.1) is 0 Å². The lowest BCUT2D eigenvalue weighted by atomic mass is 9.90. The van der Waals surface area contributed by atoms with E-state index < -0.39 is 42.6 Å². The van der Waals surface area contributed by atoms with Crippen LogP contribution in [0.15, 0.2) is 30.3 Å². The maximum absolute atomic E-state index is 12.2. The topological polar surface area (TPSA) is 148 Å². The number of ether oxygens (including phenoxy) is 1. The first kappa shape index (κ1) is 17.5. The second-order valence-corrected chi connectivity index (χ2v) is 5.22. The largest absolute Gasteiger partial charge is 0.507 e. The highest BCUT2D eigenvalue weighted by Gasteiger charge is 2.56. The summed E-state index contributed by atoms with van der Waals surface area (Å²) in [6.07, 6.45) is -5.05. The molecule has 0 spiro atoms. The van der Waals surface area contributed by atoms with E-state index in [-0.39, 0.29) is 11.3 Å². The zero-order valence-corrected chi connectivity index (χ0v) is 12.0. The van der Waals surface area contributed by atoms with Crippen LogP contribution in [-0.2, 0) is 9.53 Å². The highest BCUT2D eigenvalue weighted by molar-refractivity contribution is 5.99. The Balaban J connectivity index is 2.24. The summed E-state index contributed by atoms with van der Waals surface area (Å²) < 4.78 is 4.88. The number of para-hydroxylation sites is 1. The number of phenolic OH excluding ortho intramolecular Hbond substituents is 1. The van der Waals surface area contributed by atoms with Gasteiger partial charge in [-0.25, -0.2) is 0 Å². The van der Waals surface area contributed by atoms with Crippen molar-refractivity contribution < 1.29 is 40.2 Å². The van der Waals surface area contributed by atoms with E-state index in [9.17, 15) is 30.3 Å². The van der Waals surface area contributed by atoms with Gasteiger partial charge in [0.05, 0.1) is 6.61 Å². The summed E-state index contributed by atoms with van der Waals surface area (Å²) in [6.45, 7) is -0.774. The quantitative estimate of drug-likeness (QED) is 0.353. The van der Waals surface area contributed by atoms with Gasteiger partial charge in [-0.15, -0.1) is 0 Å². The van der Waals surface area contributed by atoms with E-state index in [0.29, 0.717) is 0 Å². The molecule has 1 saturated heterocycles. The van der Waals surface area contributed by atoms with E-state index in [1.807, 2.05) is 0 Å². The van der Waals surface area contributed by atoms with Crippen LogP contribution in [0.3, 0.4) is 0 Å². The van der Waals surface area contributed by atoms with Gasteiger partial charge in [0.15, 0.2) is 0 Å². The van der Waals surface area contributed by atoms with Crippen LogP contribution in [0.25, 0.3) is 6.08 Å². The number of phenols is 1. The fourth-order valence-corrected chi connectivity index (χ4v) is 2.27. The van der Waals surface area contributed by atoms with Crippen LogP contribution in [0.1, 0.15) is 5.56 Å². The summed E-state index contributed by atoms with van der Waals surface area (Å²) in [5.41, 5.74) is 0.286. The van der Waals surface area contributed by atoms with Crippen LogP contribution in [0.4, 0.5) is 0 Å². The molecule has 0 unspecified atom stereocenters. The van der Waals surface area contributed by atoms with E-state index in [1.165, 1.54) is 18.2 Å². The van der Waals surface area contributed by atoms with Gasteiger partial charge in [-0.2, -0.15) is 0 Å². The molecule has 1 aromatic rings. The Labute approximate surface area is 131 Å². The molecule has 1 heterocycles. The minimum Gasteiger partial charge on any atom is -0.507 e. The lowest BCUT2D eigenvalue weighted by Gasteiger charge is -2.43. The molecule has 23 heavy (non-hydrogen) atoms. The van der Waals surface area contributed by atoms with Crippen molar-refractivity contribution in [3.8, 4) is 5.75 Å². The summed E-state index contributed by atoms with van der Waals surface area (Å²) in [7, 11) is 0. The number of benzene rings is 1. The predicted molar refractivity (Wildman–Crippen MR) is 77.1 cm³/mol. The molecule has 5 atom stereocenters. The molecule has 0 aliphatic carbocycles. The number of aliphatic hydroxyl groups excluding tert-OH is 4. The lowest BCUT2D eigenvalue weighted by molar-refractivity contribution is -0.329. The first-order valence-electron chi connectivity index (χ1n) is 6.87. The SMILES string of the molecule is O=C(/C=C/c1ccccc1O)[C@@]1(O)O[C@H](CO)[C@@H](O)[C@H](O)[C@H]1O. The maximum atomic E-state index is 12.2. The molecule has 0 saturated carbocycles. The predicted octanol–water partition coefficient (Wildman–Crippen LogP) is -1.86. The highest BCUT2D eigenvalue weighted by atomic mass is 16.7. The van der Waals surface area contributed by atoms with Gasteiger partial charge in [0.1, 0.15) is 30.2 Å². The summed E-state index contributed by atoms with van der Waals surface area (Å²) >= 11 is 0. The van der Waals surface area contributed by atoms with E-state index in [2.05, 4.69) is 0 Å². The van der Waals surface area contributed by atoms with Crippen LogP contribution >= 0.6 is 0 Å². The Hall–Kier alpha value is -1.81. The number of aliphatic hydroxyl groups is 5. The summed E-state index contributed by atoms with van der Waals surface area (Å²) in [5.74, 6) is -4.04. The lowest BCUT2D eigenvalue weighted by Crippen LogP contribution is -2.67. The molecule has 1 aromatic carbocycles. The van der Waals surface area contributed by atoms with Crippen LogP contribution in [-0.4, -0.2) is 73.2 Å². The van der Waals surface area contributed by atoms with Crippen molar-refractivity contribution in [2.45, 2.75) is 30.2 Å². The van der Waals surface area contributed by atoms with Crippen molar-refractivity contribution in [3.63, 3.8) is 0 Å². The van der Waals surface area contributed by atoms with Crippen molar-refractivity contribution in [1.29, 1.82) is 0 Å². The van der Waals surface area contributed by atoms with Gasteiger partial charge in [-0.1, -0.05) is 18.2 Å². The molecular weight excluding hydrogens is 308 g/mol.